The third kappa shape index (κ3) is 3.27. The van der Waals surface area contributed by atoms with E-state index in [0.717, 1.165) is 0 Å². The minimum absolute atomic E-state index is 0.294. The van der Waals surface area contributed by atoms with Crippen molar-refractivity contribution in [2.24, 2.45) is 0 Å². The van der Waals surface area contributed by atoms with Crippen LogP contribution in [0, 0.1) is 0 Å². The van der Waals surface area contributed by atoms with E-state index < -0.39 is 6.09 Å². The van der Waals surface area contributed by atoms with Crippen LogP contribution in [0.25, 0.3) is 0 Å². The molecule has 6 heavy (non-hydrogen) atoms. The number of rotatable bonds is 1. The molecule has 0 unspecified atom stereocenters. The van der Waals surface area contributed by atoms with E-state index in [1.807, 2.05) is 0 Å². The molecule has 0 bridgehead atoms. The van der Waals surface area contributed by atoms with Crippen LogP contribution in [0.3, 0.4) is 0 Å². The molecule has 0 rings (SSSR count). The quantitative estimate of drug-likeness (QED) is 0.449. The molecular weight excluding hydrogens is 82.0 g/mol. The van der Waals surface area contributed by atoms with Crippen LogP contribution in [0.15, 0.2) is 0 Å². The molecule has 3 nitrogen and oxygen atoms in total. The molecule has 0 atom stereocenters. The fourth-order valence-electron chi connectivity index (χ4n) is 0.129. The van der Waals surface area contributed by atoms with Gasteiger partial charge in [0.2, 0.25) is 0 Å². The smallest absolute Gasteiger partial charge is 0.218 e. The van der Waals surface area contributed by atoms with Gasteiger partial charge in [0.15, 0.2) is 0 Å². The lowest BCUT2D eigenvalue weighted by Gasteiger charge is -1.78. The summed E-state index contributed by atoms with van der Waals surface area (Å²) in [5, 5.41) is 12.3. The van der Waals surface area contributed by atoms with Crippen LogP contribution < -0.4 is 5.32 Å². The minimum atomic E-state index is -1.34. The number of hydrogen-bond donors (Lipinski definition) is 0. The lowest BCUT2D eigenvalue weighted by Crippen LogP contribution is -2.08. The third-order valence-corrected chi connectivity index (χ3v) is 0.287. The van der Waals surface area contributed by atoms with Crippen molar-refractivity contribution >= 4 is 6.09 Å². The summed E-state index contributed by atoms with van der Waals surface area (Å²) >= 11 is 0. The van der Waals surface area contributed by atoms with E-state index in [1.165, 1.54) is 0 Å². The molecule has 0 aromatic heterocycles. The van der Waals surface area contributed by atoms with Gasteiger partial charge in [-0.1, -0.05) is 0 Å². The highest BCUT2D eigenvalue weighted by Crippen LogP contribution is 1.60. The number of carbonyl (C=O) groups excluding carboxylic acids is 1. The monoisotopic (exact) mass is 87.0 g/mol. The van der Waals surface area contributed by atoms with E-state index >= 15 is 0 Å². The first-order valence-corrected chi connectivity index (χ1v) is 1.66. The summed E-state index contributed by atoms with van der Waals surface area (Å²) in [6.07, 6.45) is -1.34. The second kappa shape index (κ2) is 2.50. The maximum atomic E-state index is 9.32. The average Bonchev–Trinajstić information content (AvgIpc) is 1.35. The third-order valence-electron chi connectivity index (χ3n) is 0.287. The highest BCUT2D eigenvalue weighted by molar-refractivity contribution is 5.63. The molecule has 0 saturated heterocycles. The average molecular weight is 87.1 g/mol. The molecule has 0 aromatic rings. The topological polar surface area (TPSA) is 51.1 Å². The van der Waals surface area contributed by atoms with Crippen molar-refractivity contribution < 1.29 is 9.90 Å². The zero-order valence-electron chi connectivity index (χ0n) is 3.47. The van der Waals surface area contributed by atoms with Crippen LogP contribution in [-0.2, 0) is 5.11 Å². The first-order chi connectivity index (χ1) is 2.77. The van der Waals surface area contributed by atoms with Crippen molar-refractivity contribution in [1.82, 2.24) is 5.32 Å². The number of nitrogens with zero attached hydrogens (tertiary/aromatic N) is 1. The number of hydrogen-bond acceptors (Lipinski definition) is 1. The second-order valence-corrected chi connectivity index (χ2v) is 0.740. The Balaban J connectivity index is 2.83. The summed E-state index contributed by atoms with van der Waals surface area (Å²) in [5.41, 5.74) is 0. The summed E-state index contributed by atoms with van der Waals surface area (Å²) in [4.78, 5) is 9.32. The molecule has 0 aliphatic rings. The summed E-state index contributed by atoms with van der Waals surface area (Å²) in [6.45, 7) is 1.93. The van der Waals surface area contributed by atoms with E-state index in [1.54, 1.807) is 6.92 Å². The van der Waals surface area contributed by atoms with Crippen molar-refractivity contribution in [2.45, 2.75) is 6.92 Å². The van der Waals surface area contributed by atoms with Crippen LogP contribution in [0.5, 0.6) is 0 Å². The Morgan fingerprint density at radius 3 is 2.33 bits per heavy atom. The van der Waals surface area contributed by atoms with Crippen LogP contribution in [-0.4, -0.2) is 12.6 Å². The Labute approximate surface area is 36.0 Å². The van der Waals surface area contributed by atoms with Gasteiger partial charge in [-0.15, -0.1) is 0 Å². The van der Waals surface area contributed by atoms with Crippen molar-refractivity contribution in [1.29, 1.82) is 0 Å². The summed E-state index contributed by atoms with van der Waals surface area (Å²) in [5.74, 6) is 0. The Kier molecular flexibility index (Phi) is 2.20. The number of amides is 1. The molecule has 0 aliphatic carbocycles. The van der Waals surface area contributed by atoms with E-state index in [9.17, 15) is 9.90 Å². The lowest BCUT2D eigenvalue weighted by molar-refractivity contribution is 0.168. The predicted molar refractivity (Wildman–Crippen MR) is 18.8 cm³/mol. The van der Waals surface area contributed by atoms with Gasteiger partial charge in [-0.25, -0.2) is 15.2 Å². The largest absolute Gasteiger partial charge is 0.471 e. The van der Waals surface area contributed by atoms with Crippen molar-refractivity contribution in [3.63, 3.8) is 0 Å². The Morgan fingerprint density at radius 2 is 2.33 bits per heavy atom. The van der Waals surface area contributed by atoms with Gasteiger partial charge in [0.05, 0.1) is 0 Å². The predicted octanol–water partition coefficient (Wildman–Crippen LogP) is 0.161. The maximum Gasteiger partial charge on any atom is 0.471 e. The molecule has 1 amide bonds. The lowest BCUT2D eigenvalue weighted by atomic mass is 10.8. The van der Waals surface area contributed by atoms with Gasteiger partial charge < -0.3 is 0 Å². The second-order valence-electron chi connectivity index (χ2n) is 0.740. The van der Waals surface area contributed by atoms with Gasteiger partial charge in [0, 0.05) is 6.54 Å². The zero-order valence-corrected chi connectivity index (χ0v) is 3.47. The van der Waals surface area contributed by atoms with Crippen molar-refractivity contribution in [2.75, 3.05) is 6.54 Å². The van der Waals surface area contributed by atoms with Crippen LogP contribution in [0.2, 0.25) is 0 Å². The molecule has 0 fully saturated rings. The van der Waals surface area contributed by atoms with Gasteiger partial charge in [-0.3, -0.25) is 0 Å². The molecule has 0 saturated carbocycles. The van der Waals surface area contributed by atoms with Crippen molar-refractivity contribution in [3.8, 4) is 0 Å². The standard InChI is InChI=1S/C3H5NO2/c1-2-4-3(5)6/h2H2,1H3. The zero-order chi connectivity index (χ0) is 4.99. The van der Waals surface area contributed by atoms with Gasteiger partial charge in [-0.05, 0) is 6.92 Å². The Morgan fingerprint density at radius 1 is 1.83 bits per heavy atom. The van der Waals surface area contributed by atoms with Crippen LogP contribution in [0.4, 0.5) is 4.79 Å². The fourth-order valence-corrected chi connectivity index (χ4v) is 0.129. The molecule has 0 aromatic carbocycles. The van der Waals surface area contributed by atoms with E-state index in [2.05, 4.69) is 5.32 Å². The maximum absolute atomic E-state index is 9.32. The van der Waals surface area contributed by atoms with Gasteiger partial charge in [-0.2, -0.15) is 0 Å². The molecule has 0 aliphatic heterocycles. The Hall–Kier alpha value is -0.730. The fraction of sp³-hybridized carbons (Fsp3) is 0.667. The van der Waals surface area contributed by atoms with Crippen LogP contribution in [0.1, 0.15) is 6.92 Å². The Bertz CT molecular complexity index is 52.8. The molecule has 0 spiro atoms. The highest BCUT2D eigenvalue weighted by atomic mass is 16.4. The summed E-state index contributed by atoms with van der Waals surface area (Å²) in [7, 11) is 0. The minimum Gasteiger partial charge on any atom is -0.218 e. The molecular formula is C3H5NO2. The first-order valence-electron chi connectivity index (χ1n) is 1.66. The summed E-state index contributed by atoms with van der Waals surface area (Å²) in [6, 6.07) is 0. The molecule has 34 valence electrons. The van der Waals surface area contributed by atoms with E-state index in [-0.39, 0.29) is 0 Å². The normalized spacial score (nSPS) is 7.50. The van der Waals surface area contributed by atoms with Crippen molar-refractivity contribution in [3.05, 3.63) is 0 Å². The molecule has 0 heterocycles. The highest BCUT2D eigenvalue weighted by Gasteiger charge is 1.91. The van der Waals surface area contributed by atoms with E-state index in [0.29, 0.717) is 6.54 Å². The van der Waals surface area contributed by atoms with Gasteiger partial charge >= 0.3 is 6.09 Å². The van der Waals surface area contributed by atoms with Crippen LogP contribution >= 0.6 is 0 Å². The molecule has 3 heteroatoms. The number of carbonyl (C=O) groups is 1. The SMILES string of the molecule is CC[N]C([O])=O. The van der Waals surface area contributed by atoms with E-state index in [4.69, 9.17) is 0 Å². The molecule has 0 N–H and O–H groups in total. The summed E-state index contributed by atoms with van der Waals surface area (Å²) < 4.78 is 0. The molecule has 2 radical (unpaired) electrons. The first kappa shape index (κ1) is 5.27. The van der Waals surface area contributed by atoms with Gasteiger partial charge in [0.25, 0.3) is 0 Å². The van der Waals surface area contributed by atoms with Gasteiger partial charge in [0.1, 0.15) is 0 Å².